The van der Waals surface area contributed by atoms with Gasteiger partial charge in [-0.05, 0) is 37.1 Å². The van der Waals surface area contributed by atoms with E-state index in [1.807, 2.05) is 0 Å². The van der Waals surface area contributed by atoms with Gasteiger partial charge in [0.25, 0.3) is 0 Å². The van der Waals surface area contributed by atoms with Crippen molar-refractivity contribution in [3.05, 3.63) is 29.1 Å². The number of amides is 2. The van der Waals surface area contributed by atoms with Gasteiger partial charge < -0.3 is 9.64 Å². The molecule has 12 heteroatoms. The highest BCUT2D eigenvalue weighted by atomic mass is 32.1. The van der Waals surface area contributed by atoms with Gasteiger partial charge in [0.15, 0.2) is 5.13 Å². The maximum atomic E-state index is 13.9. The summed E-state index contributed by atoms with van der Waals surface area (Å²) in [6.07, 6.45) is 0.761. The smallest absolute Gasteiger partial charge is 0.458 e. The van der Waals surface area contributed by atoms with E-state index in [1.54, 1.807) is 4.90 Å². The van der Waals surface area contributed by atoms with Gasteiger partial charge in [0.1, 0.15) is 5.75 Å². The first kappa shape index (κ1) is 26.6. The van der Waals surface area contributed by atoms with Gasteiger partial charge in [0.05, 0.1) is 12.8 Å². The van der Waals surface area contributed by atoms with Crippen LogP contribution in [0.1, 0.15) is 37.7 Å². The lowest BCUT2D eigenvalue weighted by molar-refractivity contribution is -0.289. The van der Waals surface area contributed by atoms with Crippen LogP contribution >= 0.6 is 11.3 Å². The SMILES string of the molecule is COc1ccc(C(F)(F)C(F)(F)F)cc1-c1csc(NC(=O)N2CCN(CCC3CCCC3)CC2)n1. The first-order valence-corrected chi connectivity index (χ1v) is 12.8. The van der Waals surface area contributed by atoms with Crippen LogP contribution < -0.4 is 10.1 Å². The van der Waals surface area contributed by atoms with E-state index in [0.717, 1.165) is 49.0 Å². The lowest BCUT2D eigenvalue weighted by Gasteiger charge is -2.34. The Morgan fingerprint density at radius 2 is 1.83 bits per heavy atom. The number of alkyl halides is 5. The molecule has 4 rings (SSSR count). The molecule has 2 heterocycles. The lowest BCUT2D eigenvalue weighted by Crippen LogP contribution is -2.50. The molecule has 0 radical (unpaired) electrons. The van der Waals surface area contributed by atoms with E-state index in [-0.39, 0.29) is 28.2 Å². The Kier molecular flexibility index (Phi) is 8.03. The zero-order valence-electron chi connectivity index (χ0n) is 19.9. The normalized spacial score (nSPS) is 18.0. The van der Waals surface area contributed by atoms with Crippen LogP contribution in [0, 0.1) is 5.92 Å². The van der Waals surface area contributed by atoms with Crippen LogP contribution in [0.3, 0.4) is 0 Å². The standard InChI is InChI=1S/C24H29F5N4O2S/c1-35-20-7-6-17(23(25,26)24(27,28)29)14-18(20)19-15-36-21(30-19)31-22(34)33-12-10-32(11-13-33)9-8-16-4-2-3-5-16/h6-7,14-16H,2-5,8-13H2,1H3,(H,30,31,34). The molecular formula is C24H29F5N4O2S. The Balaban J connectivity index is 1.37. The number of aromatic nitrogens is 1. The number of thiazole rings is 1. The fourth-order valence-electron chi connectivity index (χ4n) is 4.73. The van der Waals surface area contributed by atoms with Crippen molar-refractivity contribution in [2.24, 2.45) is 5.92 Å². The summed E-state index contributed by atoms with van der Waals surface area (Å²) in [5.74, 6) is -4.11. The quantitative estimate of drug-likeness (QED) is 0.432. The average Bonchev–Trinajstić information content (AvgIpc) is 3.54. The first-order chi connectivity index (χ1) is 17.1. The second-order valence-corrected chi connectivity index (χ2v) is 10.1. The highest BCUT2D eigenvalue weighted by molar-refractivity contribution is 7.14. The van der Waals surface area contributed by atoms with E-state index in [2.05, 4.69) is 15.2 Å². The van der Waals surface area contributed by atoms with Gasteiger partial charge in [-0.3, -0.25) is 10.2 Å². The third-order valence-electron chi connectivity index (χ3n) is 6.90. The number of nitrogens with zero attached hydrogens (tertiary/aromatic N) is 3. The molecule has 0 bridgehead atoms. The predicted octanol–water partition coefficient (Wildman–Crippen LogP) is 6.20. The van der Waals surface area contributed by atoms with E-state index >= 15 is 0 Å². The lowest BCUT2D eigenvalue weighted by atomic mass is 10.0. The molecule has 1 saturated heterocycles. The molecule has 1 N–H and O–H groups in total. The molecular weight excluding hydrogens is 503 g/mol. The number of rotatable bonds is 7. The number of benzene rings is 1. The van der Waals surface area contributed by atoms with Gasteiger partial charge in [-0.15, -0.1) is 11.3 Å². The summed E-state index contributed by atoms with van der Waals surface area (Å²) in [4.78, 5) is 21.0. The van der Waals surface area contributed by atoms with Crippen molar-refractivity contribution in [2.45, 2.75) is 44.2 Å². The molecule has 0 unspecified atom stereocenters. The molecule has 0 atom stereocenters. The van der Waals surface area contributed by atoms with Crippen LogP contribution in [-0.2, 0) is 5.92 Å². The van der Waals surface area contributed by atoms with Crippen molar-refractivity contribution in [1.82, 2.24) is 14.8 Å². The van der Waals surface area contributed by atoms with Gasteiger partial charge in [-0.1, -0.05) is 25.7 Å². The second kappa shape index (κ2) is 10.9. The molecule has 1 aliphatic heterocycles. The van der Waals surface area contributed by atoms with Crippen molar-refractivity contribution in [3.8, 4) is 17.0 Å². The summed E-state index contributed by atoms with van der Waals surface area (Å²) in [5.41, 5.74) is -1.11. The molecule has 2 amide bonds. The van der Waals surface area contributed by atoms with Crippen molar-refractivity contribution < 1.29 is 31.5 Å². The highest BCUT2D eigenvalue weighted by Gasteiger charge is 2.58. The third-order valence-corrected chi connectivity index (χ3v) is 7.66. The largest absolute Gasteiger partial charge is 0.496 e. The van der Waals surface area contributed by atoms with Crippen LogP contribution in [0.15, 0.2) is 23.6 Å². The van der Waals surface area contributed by atoms with Gasteiger partial charge in [-0.2, -0.15) is 22.0 Å². The minimum absolute atomic E-state index is 0.0217. The van der Waals surface area contributed by atoms with Gasteiger partial charge >= 0.3 is 18.1 Å². The molecule has 36 heavy (non-hydrogen) atoms. The maximum absolute atomic E-state index is 13.9. The monoisotopic (exact) mass is 532 g/mol. The van der Waals surface area contributed by atoms with Gasteiger partial charge in [0.2, 0.25) is 0 Å². The first-order valence-electron chi connectivity index (χ1n) is 12.0. The number of nitrogens with one attached hydrogen (secondary N) is 1. The number of hydrogen-bond acceptors (Lipinski definition) is 5. The fourth-order valence-corrected chi connectivity index (χ4v) is 5.43. The predicted molar refractivity (Wildman–Crippen MR) is 128 cm³/mol. The number of piperazine rings is 1. The second-order valence-electron chi connectivity index (χ2n) is 9.22. The van der Waals surface area contributed by atoms with Crippen molar-refractivity contribution in [1.29, 1.82) is 0 Å². The fraction of sp³-hybridized carbons (Fsp3) is 0.583. The Hall–Kier alpha value is -2.47. The van der Waals surface area contributed by atoms with E-state index in [4.69, 9.17) is 4.74 Å². The summed E-state index contributed by atoms with van der Waals surface area (Å²) >= 11 is 1.05. The number of urea groups is 1. The van der Waals surface area contributed by atoms with E-state index in [9.17, 15) is 26.7 Å². The topological polar surface area (TPSA) is 57.7 Å². The molecule has 1 aliphatic carbocycles. The summed E-state index contributed by atoms with van der Waals surface area (Å²) in [5, 5.41) is 4.40. The van der Waals surface area contributed by atoms with Crippen LogP contribution in [0.5, 0.6) is 5.75 Å². The summed E-state index contributed by atoms with van der Waals surface area (Å²) in [6, 6.07) is 2.13. The number of carbonyl (C=O) groups is 1. The van der Waals surface area contributed by atoms with Gasteiger partial charge in [0, 0.05) is 42.7 Å². The highest BCUT2D eigenvalue weighted by Crippen LogP contribution is 2.46. The average molecular weight is 533 g/mol. The van der Waals surface area contributed by atoms with Crippen LogP contribution in [-0.4, -0.2) is 66.8 Å². The zero-order valence-corrected chi connectivity index (χ0v) is 20.7. The number of halogens is 5. The molecule has 2 aliphatic rings. The molecule has 1 saturated carbocycles. The van der Waals surface area contributed by atoms with E-state index in [0.29, 0.717) is 19.2 Å². The molecule has 0 spiro atoms. The molecule has 1 aromatic carbocycles. The molecule has 1 aromatic heterocycles. The number of ether oxygens (including phenoxy) is 1. The molecule has 198 valence electrons. The number of carbonyl (C=O) groups excluding carboxylic acids is 1. The van der Waals surface area contributed by atoms with E-state index < -0.39 is 17.7 Å². The zero-order chi connectivity index (χ0) is 25.9. The maximum Gasteiger partial charge on any atom is 0.458 e. The minimum Gasteiger partial charge on any atom is -0.496 e. The summed E-state index contributed by atoms with van der Waals surface area (Å²) in [6.45, 7) is 3.79. The number of hydrogen-bond donors (Lipinski definition) is 1. The third kappa shape index (κ3) is 5.91. The van der Waals surface area contributed by atoms with Crippen molar-refractivity contribution >= 4 is 22.5 Å². The van der Waals surface area contributed by atoms with Crippen LogP contribution in [0.4, 0.5) is 31.9 Å². The Labute approximate surface area is 210 Å². The number of anilines is 1. The summed E-state index contributed by atoms with van der Waals surface area (Å²) < 4.78 is 71.4. The summed E-state index contributed by atoms with van der Waals surface area (Å²) in [7, 11) is 1.28. The van der Waals surface area contributed by atoms with Gasteiger partial charge in [-0.25, -0.2) is 9.78 Å². The Bertz CT molecular complexity index is 1050. The minimum atomic E-state index is -5.74. The van der Waals surface area contributed by atoms with Crippen molar-refractivity contribution in [2.75, 3.05) is 45.2 Å². The Morgan fingerprint density at radius 1 is 1.14 bits per heavy atom. The number of methoxy groups -OCH3 is 1. The van der Waals surface area contributed by atoms with Crippen LogP contribution in [0.25, 0.3) is 11.3 Å². The molecule has 2 fully saturated rings. The molecule has 6 nitrogen and oxygen atoms in total. The molecule has 2 aromatic rings. The Morgan fingerprint density at radius 3 is 2.47 bits per heavy atom. The van der Waals surface area contributed by atoms with E-state index in [1.165, 1.54) is 44.6 Å². The van der Waals surface area contributed by atoms with Crippen LogP contribution in [0.2, 0.25) is 0 Å². The van der Waals surface area contributed by atoms with Crippen molar-refractivity contribution in [3.63, 3.8) is 0 Å².